The van der Waals surface area contributed by atoms with E-state index in [-0.39, 0.29) is 0 Å². The summed E-state index contributed by atoms with van der Waals surface area (Å²) in [7, 11) is 0. The molecule has 8 heterocycles. The number of hydrogen-bond donors (Lipinski definition) is 26. The average Bonchev–Trinajstić information content (AvgIpc) is 3.72. The van der Waals surface area contributed by atoms with Crippen molar-refractivity contribution in [2.24, 2.45) is 0 Å². The van der Waals surface area contributed by atoms with Gasteiger partial charge in [0.15, 0.2) is 50.3 Å². The van der Waals surface area contributed by atoms with E-state index >= 15 is 0 Å². The summed E-state index contributed by atoms with van der Waals surface area (Å²) >= 11 is 0. The number of rotatable bonds is 22. The van der Waals surface area contributed by atoms with E-state index in [1.165, 1.54) is 0 Å². The Hall–Kier alpha value is -1.64. The van der Waals surface area contributed by atoms with E-state index < -0.39 is 299 Å². The van der Waals surface area contributed by atoms with E-state index in [4.69, 9.17) is 71.1 Å². The van der Waals surface area contributed by atoms with E-state index in [2.05, 4.69) is 0 Å². The van der Waals surface area contributed by atoms with Crippen LogP contribution in [0.4, 0.5) is 0 Å². The van der Waals surface area contributed by atoms with Gasteiger partial charge in [0.1, 0.15) is 195 Å². The minimum absolute atomic E-state index is 0.721. The van der Waals surface area contributed by atoms with Gasteiger partial charge in [-0.15, -0.1) is 0 Å². The molecule has 0 aromatic heterocycles. The first-order chi connectivity index (χ1) is 42.0. The molecule has 0 radical (unpaired) electrons. The molecule has 520 valence electrons. The van der Waals surface area contributed by atoms with Crippen molar-refractivity contribution in [3.8, 4) is 0 Å². The Balaban J connectivity index is 0.811. The molecule has 0 amide bonds. The van der Waals surface area contributed by atoms with E-state index in [0.717, 1.165) is 0 Å². The van der Waals surface area contributed by atoms with Gasteiger partial charge in [-0.3, -0.25) is 0 Å². The Morgan fingerprint density at radius 2 is 0.315 bits per heavy atom. The van der Waals surface area contributed by atoms with Crippen LogP contribution in [0, 0.1) is 0 Å². The second-order valence-corrected chi connectivity index (χ2v) is 22.7. The largest absolute Gasteiger partial charge is 0.394 e. The summed E-state index contributed by atoms with van der Waals surface area (Å²) < 4.78 is 82.3. The third kappa shape index (κ3) is 16.1. The Kier molecular flexibility index (Phi) is 25.9. The predicted octanol–water partition coefficient (Wildman–Crippen LogP) is -18.5. The molecule has 0 aromatic carbocycles. The quantitative estimate of drug-likeness (QED) is 0.0479. The van der Waals surface area contributed by atoms with Crippen molar-refractivity contribution < 1.29 is 204 Å². The maximum atomic E-state index is 10.9. The van der Waals surface area contributed by atoms with E-state index in [1.807, 2.05) is 0 Å². The maximum absolute atomic E-state index is 10.9. The molecule has 8 fully saturated rings. The summed E-state index contributed by atoms with van der Waals surface area (Å²) in [4.78, 5) is 0. The molecule has 0 aromatic rings. The van der Waals surface area contributed by atoms with Crippen molar-refractivity contribution in [1.29, 1.82) is 0 Å². The number of aliphatic hydroxyl groups excluding tert-OH is 26. The van der Waals surface area contributed by atoms with Gasteiger partial charge in [0, 0.05) is 0 Å². The smallest absolute Gasteiger partial charge is 0.186 e. The molecule has 8 aliphatic rings. The summed E-state index contributed by atoms with van der Waals surface area (Å²) in [5.41, 5.74) is 0. The first-order valence-corrected chi connectivity index (χ1v) is 28.1. The fourth-order valence-electron chi connectivity index (χ4n) is 10.8. The highest BCUT2D eigenvalue weighted by Crippen LogP contribution is 2.33. The Morgan fingerprint density at radius 3 is 0.494 bits per heavy atom. The topological polar surface area (TPSA) is 664 Å². The molecule has 89 heavy (non-hydrogen) atoms. The second kappa shape index (κ2) is 31.5. The molecule has 0 aliphatic carbocycles. The lowest BCUT2D eigenvalue weighted by Crippen LogP contribution is -2.63. The van der Waals surface area contributed by atoms with Gasteiger partial charge in [0.2, 0.25) is 0 Å². The molecule has 8 saturated heterocycles. The monoisotopic (exact) mass is 1310 g/mol. The highest BCUT2D eigenvalue weighted by Gasteiger charge is 2.54. The summed E-state index contributed by atoms with van der Waals surface area (Å²) in [6, 6.07) is 0. The fourth-order valence-corrected chi connectivity index (χ4v) is 10.8. The molecule has 0 unspecified atom stereocenters. The first-order valence-electron chi connectivity index (χ1n) is 28.1. The highest BCUT2D eigenvalue weighted by atomic mass is 16.8. The number of hydrogen-bond acceptors (Lipinski definition) is 41. The van der Waals surface area contributed by atoms with Crippen molar-refractivity contribution in [1.82, 2.24) is 0 Å². The van der Waals surface area contributed by atoms with Gasteiger partial charge in [-0.25, -0.2) is 0 Å². The average molecular weight is 1320 g/mol. The van der Waals surface area contributed by atoms with Gasteiger partial charge < -0.3 is 204 Å². The molecule has 0 bridgehead atoms. The molecule has 0 saturated carbocycles. The standard InChI is InChI=1S/C48H82O41/c49-1-9-17(50)26(59)34(67)42(83-9)76-3-11-19(52)28(61)36(69)44(85-11)78-5-13-21(54)30(63)38(71)46(87-13)80-7-15-23(56)32(65)40(73)48(89-15)81-8-16-24(57)31(64)39(72)47(88-16)79-6-14-22(55)29(62)37(70)45(86-14)77-4-12-20(53)27(60)35(68)43(84-12)75-2-10-18(51)25(58)33(66)41(74)82-10/h9-74H,1-8H2/t9-,10-,11-,12-,13-,14-,15-,16-,17-,18-,19-,20-,21-,22-,23-,24-,25+,26+,27+,28+,29+,30+,31+,32+,33-,34-,35-,36-,37-,38-,39-,40-,41+,42+,43+,44+,45+,46+,47+,48+/m1/s1. The highest BCUT2D eigenvalue weighted by molar-refractivity contribution is 4.98. The minimum Gasteiger partial charge on any atom is -0.394 e. The van der Waals surface area contributed by atoms with Crippen LogP contribution in [-0.4, -0.2) is 431 Å². The van der Waals surface area contributed by atoms with E-state index in [1.54, 1.807) is 0 Å². The molecule has 8 aliphatic heterocycles. The Bertz CT molecular complexity index is 2130. The van der Waals surface area contributed by atoms with Gasteiger partial charge in [0.25, 0.3) is 0 Å². The zero-order valence-corrected chi connectivity index (χ0v) is 46.5. The molecular weight excluding hydrogens is 1230 g/mol. The molecule has 40 atom stereocenters. The summed E-state index contributed by atoms with van der Waals surface area (Å²) in [6.07, 6.45) is -74.9. The SMILES string of the molecule is OC[C@H]1O[C@H](OC[C@H]2O[C@H](OC[C@H]3O[C@H](OC[C@H]4O[C@H](OC[C@H]5O[C@H](OC[C@H]6O[C@H](OC[C@H]7O[C@H](OC[C@H]8O[C@H](O)[C@H](O)[C@@H](O)[C@@H]8O)[C@H](O)[C@@H](O)[C@@H]7O)[C@H](O)[C@@H](O)[C@@H]6O)[C@H](O)[C@@H](O)[C@@H]5O)[C@H](O)[C@@H](O)[C@@H]4O)[C@H](O)[C@@H](O)[C@@H]3O)[C@H](O)[C@@H](O)[C@@H]2O)[C@H](O)[C@@H](O)[C@@H]1O. The molecular formula is C48H82O41. The predicted molar refractivity (Wildman–Crippen MR) is 264 cm³/mol. The molecule has 8 rings (SSSR count). The van der Waals surface area contributed by atoms with Crippen LogP contribution in [-0.2, 0) is 71.1 Å². The fraction of sp³-hybridized carbons (Fsp3) is 1.00. The zero-order valence-electron chi connectivity index (χ0n) is 46.5. The van der Waals surface area contributed by atoms with Crippen molar-refractivity contribution in [2.45, 2.75) is 246 Å². The van der Waals surface area contributed by atoms with E-state index in [9.17, 15) is 133 Å². The van der Waals surface area contributed by atoms with Crippen molar-refractivity contribution in [3.63, 3.8) is 0 Å². The van der Waals surface area contributed by atoms with Gasteiger partial charge in [-0.1, -0.05) is 0 Å². The maximum Gasteiger partial charge on any atom is 0.186 e. The minimum atomic E-state index is -2.09. The Labute approximate surface area is 501 Å². The summed E-state index contributed by atoms with van der Waals surface area (Å²) in [5.74, 6) is 0. The lowest BCUT2D eigenvalue weighted by atomic mass is 9.97. The van der Waals surface area contributed by atoms with Gasteiger partial charge in [0.05, 0.1) is 52.9 Å². The van der Waals surface area contributed by atoms with Gasteiger partial charge in [-0.05, 0) is 0 Å². The third-order valence-corrected chi connectivity index (χ3v) is 16.5. The van der Waals surface area contributed by atoms with Crippen LogP contribution >= 0.6 is 0 Å². The molecule has 0 spiro atoms. The zero-order chi connectivity index (χ0) is 65.4. The number of aliphatic hydroxyl groups is 26. The normalized spacial score (nSPS) is 53.6. The van der Waals surface area contributed by atoms with Crippen molar-refractivity contribution >= 4 is 0 Å². The van der Waals surface area contributed by atoms with Crippen LogP contribution in [0.5, 0.6) is 0 Å². The van der Waals surface area contributed by atoms with E-state index in [0.29, 0.717) is 0 Å². The molecule has 41 nitrogen and oxygen atoms in total. The van der Waals surface area contributed by atoms with Crippen LogP contribution in [0.15, 0.2) is 0 Å². The lowest BCUT2D eigenvalue weighted by Gasteiger charge is -2.45. The van der Waals surface area contributed by atoms with Crippen molar-refractivity contribution in [3.05, 3.63) is 0 Å². The number of ether oxygens (including phenoxy) is 15. The van der Waals surface area contributed by atoms with Crippen molar-refractivity contribution in [2.75, 3.05) is 52.9 Å². The van der Waals surface area contributed by atoms with Crippen LogP contribution in [0.2, 0.25) is 0 Å². The molecule has 26 N–H and O–H groups in total. The first kappa shape index (κ1) is 73.2. The van der Waals surface area contributed by atoms with Crippen LogP contribution in [0.3, 0.4) is 0 Å². The summed E-state index contributed by atoms with van der Waals surface area (Å²) in [5, 5.41) is 273. The van der Waals surface area contributed by atoms with Gasteiger partial charge in [-0.2, -0.15) is 0 Å². The van der Waals surface area contributed by atoms with Crippen LogP contribution in [0.25, 0.3) is 0 Å². The molecule has 41 heteroatoms. The second-order valence-electron chi connectivity index (χ2n) is 22.7. The van der Waals surface area contributed by atoms with Crippen LogP contribution in [0.1, 0.15) is 0 Å². The lowest BCUT2D eigenvalue weighted by molar-refractivity contribution is -0.354. The van der Waals surface area contributed by atoms with Crippen LogP contribution < -0.4 is 0 Å². The Morgan fingerprint density at radius 1 is 0.169 bits per heavy atom. The summed E-state index contributed by atoms with van der Waals surface area (Å²) in [6.45, 7) is -6.46. The third-order valence-electron chi connectivity index (χ3n) is 16.5. The van der Waals surface area contributed by atoms with Gasteiger partial charge >= 0.3 is 0 Å².